The first kappa shape index (κ1) is 17.7. The molecule has 6 heteroatoms. The van der Waals surface area contributed by atoms with E-state index < -0.39 is 5.60 Å². The number of anilines is 1. The van der Waals surface area contributed by atoms with Crippen LogP contribution < -0.4 is 5.32 Å². The number of esters is 1. The van der Waals surface area contributed by atoms with Crippen LogP contribution in [0.15, 0.2) is 60.9 Å². The van der Waals surface area contributed by atoms with Crippen LogP contribution in [0, 0.1) is 5.92 Å². The van der Waals surface area contributed by atoms with Crippen molar-refractivity contribution in [2.75, 3.05) is 5.32 Å². The number of hydrogen-bond acceptors (Lipinski definition) is 4. The van der Waals surface area contributed by atoms with Crippen molar-refractivity contribution in [2.45, 2.75) is 31.3 Å². The fourth-order valence-corrected chi connectivity index (χ4v) is 4.45. The van der Waals surface area contributed by atoms with Crippen molar-refractivity contribution in [3.8, 4) is 11.3 Å². The maximum atomic E-state index is 12.9. The van der Waals surface area contributed by atoms with Gasteiger partial charge in [0.15, 0.2) is 5.60 Å². The van der Waals surface area contributed by atoms with Gasteiger partial charge in [-0.25, -0.2) is 4.79 Å². The van der Waals surface area contributed by atoms with Crippen molar-refractivity contribution in [3.05, 3.63) is 72.2 Å². The van der Waals surface area contributed by atoms with Crippen LogP contribution in [0.5, 0.6) is 0 Å². The molecule has 6 nitrogen and oxygen atoms in total. The van der Waals surface area contributed by atoms with Crippen molar-refractivity contribution >= 4 is 17.6 Å². The molecule has 29 heavy (non-hydrogen) atoms. The van der Waals surface area contributed by atoms with Crippen molar-refractivity contribution in [3.63, 3.8) is 0 Å². The number of benzene rings is 1. The summed E-state index contributed by atoms with van der Waals surface area (Å²) >= 11 is 0. The number of carbonyl (C=O) groups is 2. The number of fused-ring (bicyclic) bond motifs is 2. The maximum absolute atomic E-state index is 12.9. The zero-order chi connectivity index (χ0) is 19.8. The number of carbonyl (C=O) groups excluding carboxylic acids is 2. The molecule has 5 rings (SSSR count). The highest BCUT2D eigenvalue weighted by Gasteiger charge is 2.49. The summed E-state index contributed by atoms with van der Waals surface area (Å²) in [6, 6.07) is 15.3. The molecule has 1 spiro atoms. The highest BCUT2D eigenvalue weighted by molar-refractivity contribution is 5.96. The Hall–Kier alpha value is -3.41. The van der Waals surface area contributed by atoms with E-state index in [9.17, 15) is 9.59 Å². The van der Waals surface area contributed by atoms with Crippen LogP contribution in [0.4, 0.5) is 5.69 Å². The summed E-state index contributed by atoms with van der Waals surface area (Å²) in [5.41, 5.74) is 3.30. The minimum Gasteiger partial charge on any atom is -0.449 e. The van der Waals surface area contributed by atoms with Crippen molar-refractivity contribution in [1.29, 1.82) is 0 Å². The lowest BCUT2D eigenvalue weighted by Gasteiger charge is -2.35. The fraction of sp³-hybridized carbons (Fsp3) is 0.261. The van der Waals surface area contributed by atoms with E-state index in [4.69, 9.17) is 4.74 Å². The first-order valence-electron chi connectivity index (χ1n) is 9.89. The summed E-state index contributed by atoms with van der Waals surface area (Å²) in [5.74, 6) is -0.427. The summed E-state index contributed by atoms with van der Waals surface area (Å²) in [6.07, 6.45) is 6.05. The van der Waals surface area contributed by atoms with Gasteiger partial charge in [-0.15, -0.1) is 0 Å². The molecule has 1 fully saturated rings. The summed E-state index contributed by atoms with van der Waals surface area (Å²) in [7, 11) is 0. The molecule has 0 radical (unpaired) electrons. The summed E-state index contributed by atoms with van der Waals surface area (Å²) < 4.78 is 5.73. The van der Waals surface area contributed by atoms with E-state index in [1.807, 2.05) is 42.6 Å². The number of pyridine rings is 1. The monoisotopic (exact) mass is 387 g/mol. The van der Waals surface area contributed by atoms with Crippen LogP contribution in [0.3, 0.4) is 0 Å². The molecule has 1 aliphatic carbocycles. The van der Waals surface area contributed by atoms with Crippen molar-refractivity contribution < 1.29 is 14.3 Å². The Kier molecular flexibility index (Phi) is 4.19. The summed E-state index contributed by atoms with van der Waals surface area (Å²) in [6.45, 7) is 0. The number of nitrogens with zero attached hydrogens (tertiary/aromatic N) is 1. The topological polar surface area (TPSA) is 84.1 Å². The normalized spacial score (nSPS) is 22.9. The van der Waals surface area contributed by atoms with Crippen molar-refractivity contribution in [1.82, 2.24) is 9.97 Å². The second kappa shape index (κ2) is 6.88. The molecule has 1 aliphatic heterocycles. The third kappa shape index (κ3) is 3.01. The number of aromatic nitrogens is 2. The second-order valence-electron chi connectivity index (χ2n) is 7.68. The zero-order valence-electron chi connectivity index (χ0n) is 15.9. The molecule has 1 saturated carbocycles. The Morgan fingerprint density at radius 3 is 2.69 bits per heavy atom. The van der Waals surface area contributed by atoms with Crippen LogP contribution in [0.25, 0.3) is 11.3 Å². The SMILES string of the molecule is O=C1O[C@]2(CC[C@@H](C(=O)Nc3cc[nH]c3-c3ccccc3)CC2)c2ncccc21. The molecule has 146 valence electrons. The van der Waals surface area contributed by atoms with Crippen LogP contribution in [-0.4, -0.2) is 21.8 Å². The van der Waals surface area contributed by atoms with Crippen LogP contribution in [0.2, 0.25) is 0 Å². The van der Waals surface area contributed by atoms with Gasteiger partial charge >= 0.3 is 5.97 Å². The first-order valence-corrected chi connectivity index (χ1v) is 9.89. The Balaban J connectivity index is 1.29. The van der Waals surface area contributed by atoms with Gasteiger partial charge in [-0.3, -0.25) is 9.78 Å². The van der Waals surface area contributed by atoms with Gasteiger partial charge < -0.3 is 15.0 Å². The summed E-state index contributed by atoms with van der Waals surface area (Å²) in [5, 5.41) is 3.07. The largest absolute Gasteiger partial charge is 0.449 e. The predicted octanol–water partition coefficient (Wildman–Crippen LogP) is 4.27. The number of hydrogen-bond donors (Lipinski definition) is 2. The van der Waals surface area contributed by atoms with Gasteiger partial charge in [-0.05, 0) is 43.9 Å². The minimum absolute atomic E-state index is 0.00204. The molecule has 3 aromatic rings. The third-order valence-electron chi connectivity index (χ3n) is 5.98. The Morgan fingerprint density at radius 1 is 1.10 bits per heavy atom. The molecular weight excluding hydrogens is 366 g/mol. The van der Waals surface area contributed by atoms with Crippen LogP contribution in [0.1, 0.15) is 41.7 Å². The van der Waals surface area contributed by atoms with Gasteiger partial charge in [0.05, 0.1) is 22.6 Å². The van der Waals surface area contributed by atoms with E-state index in [2.05, 4.69) is 15.3 Å². The molecule has 1 aromatic carbocycles. The third-order valence-corrected chi connectivity index (χ3v) is 5.98. The van der Waals surface area contributed by atoms with E-state index in [-0.39, 0.29) is 17.8 Å². The van der Waals surface area contributed by atoms with Crippen molar-refractivity contribution in [2.24, 2.45) is 5.92 Å². The van der Waals surface area contributed by atoms with E-state index >= 15 is 0 Å². The van der Waals surface area contributed by atoms with Gasteiger partial charge in [-0.1, -0.05) is 30.3 Å². The van der Waals surface area contributed by atoms with Gasteiger partial charge in [-0.2, -0.15) is 0 Å². The lowest BCUT2D eigenvalue weighted by atomic mass is 9.76. The first-order chi connectivity index (χ1) is 14.2. The highest BCUT2D eigenvalue weighted by atomic mass is 16.6. The lowest BCUT2D eigenvalue weighted by molar-refractivity contribution is -0.122. The van der Waals surface area contributed by atoms with E-state index in [0.29, 0.717) is 31.2 Å². The molecule has 0 unspecified atom stereocenters. The predicted molar refractivity (Wildman–Crippen MR) is 108 cm³/mol. The van der Waals surface area contributed by atoms with E-state index in [1.54, 1.807) is 18.3 Å². The molecule has 1 amide bonds. The van der Waals surface area contributed by atoms with Gasteiger partial charge in [0.2, 0.25) is 5.91 Å². The number of ether oxygens (including phenoxy) is 1. The Bertz CT molecular complexity index is 1070. The maximum Gasteiger partial charge on any atom is 0.341 e. The fourth-order valence-electron chi connectivity index (χ4n) is 4.45. The minimum atomic E-state index is -0.673. The van der Waals surface area contributed by atoms with Crippen LogP contribution in [-0.2, 0) is 15.1 Å². The number of rotatable bonds is 3. The number of amides is 1. The highest BCUT2D eigenvalue weighted by Crippen LogP contribution is 2.47. The second-order valence-corrected chi connectivity index (χ2v) is 7.68. The molecule has 0 bridgehead atoms. The molecule has 2 N–H and O–H groups in total. The smallest absolute Gasteiger partial charge is 0.341 e. The molecule has 3 heterocycles. The van der Waals surface area contributed by atoms with Gasteiger partial charge in [0, 0.05) is 23.9 Å². The zero-order valence-corrected chi connectivity index (χ0v) is 15.9. The quantitative estimate of drug-likeness (QED) is 0.657. The van der Waals surface area contributed by atoms with Gasteiger partial charge in [0.25, 0.3) is 0 Å². The molecule has 0 atom stereocenters. The van der Waals surface area contributed by atoms with Gasteiger partial charge in [0.1, 0.15) is 0 Å². The molecule has 2 aromatic heterocycles. The average molecular weight is 387 g/mol. The number of nitrogens with one attached hydrogen (secondary N) is 2. The number of H-pyrrole nitrogens is 1. The molecular formula is C23H21N3O3. The standard InChI is InChI=1S/C23H21N3O3/c27-21(26-18-10-14-24-19(18)15-5-2-1-3-6-15)16-8-11-23(12-9-16)20-17(22(28)29-23)7-4-13-25-20/h1-7,10,13-14,16,24H,8-9,11-12H2,(H,26,27)/t16-,23+. The average Bonchev–Trinajstić information content (AvgIpc) is 3.32. The van der Waals surface area contributed by atoms with E-state index in [1.165, 1.54) is 0 Å². The Labute approximate surface area is 168 Å². The summed E-state index contributed by atoms with van der Waals surface area (Å²) in [4.78, 5) is 32.7. The van der Waals surface area contributed by atoms with Crippen LogP contribution >= 0.6 is 0 Å². The lowest BCUT2D eigenvalue weighted by Crippen LogP contribution is -2.36. The molecule has 0 saturated heterocycles. The number of aromatic amines is 1. The molecule has 2 aliphatic rings. The van der Waals surface area contributed by atoms with E-state index in [0.717, 1.165) is 22.6 Å². The Morgan fingerprint density at radius 2 is 1.90 bits per heavy atom.